The molecule has 1 saturated carbocycles. The molecule has 0 aromatic heterocycles. The van der Waals surface area contributed by atoms with Crippen LogP contribution in [0.4, 0.5) is 0 Å². The second-order valence-electron chi connectivity index (χ2n) is 4.57. The molecule has 16 heavy (non-hydrogen) atoms. The zero-order valence-electron chi connectivity index (χ0n) is 9.70. The van der Waals surface area contributed by atoms with Crippen LogP contribution in [0.3, 0.4) is 0 Å². The molecular weight excluding hydrogens is 202 g/mol. The van der Waals surface area contributed by atoms with Gasteiger partial charge < -0.3 is 15.2 Å². The Kier molecular flexibility index (Phi) is 3.46. The van der Waals surface area contributed by atoms with E-state index in [0.717, 1.165) is 31.7 Å². The first-order valence-corrected chi connectivity index (χ1v) is 5.73. The summed E-state index contributed by atoms with van der Waals surface area (Å²) in [6.07, 6.45) is 2.28. The number of para-hydroxylation sites is 1. The van der Waals surface area contributed by atoms with Gasteiger partial charge in [-0.15, -0.1) is 0 Å². The van der Waals surface area contributed by atoms with E-state index in [1.807, 2.05) is 18.2 Å². The van der Waals surface area contributed by atoms with Gasteiger partial charge in [0.2, 0.25) is 0 Å². The van der Waals surface area contributed by atoms with Crippen LogP contribution in [0.15, 0.2) is 24.3 Å². The van der Waals surface area contributed by atoms with Crippen LogP contribution in [0.5, 0.6) is 5.75 Å². The molecular formula is C13H19NO2. The Labute approximate surface area is 96.4 Å². The summed E-state index contributed by atoms with van der Waals surface area (Å²) in [5, 5.41) is 12.6. The number of nitrogens with one attached hydrogen (secondary N) is 1. The minimum absolute atomic E-state index is 0.169. The van der Waals surface area contributed by atoms with Crippen LogP contribution < -0.4 is 10.1 Å². The number of hydrogen-bond donors (Lipinski definition) is 2. The monoisotopic (exact) mass is 221 g/mol. The molecule has 1 aromatic carbocycles. The van der Waals surface area contributed by atoms with Gasteiger partial charge in [-0.05, 0) is 18.9 Å². The Bertz CT molecular complexity index is 348. The summed E-state index contributed by atoms with van der Waals surface area (Å²) in [5.74, 6) is 0.920. The van der Waals surface area contributed by atoms with Crippen LogP contribution in [0, 0.1) is 5.41 Å². The summed E-state index contributed by atoms with van der Waals surface area (Å²) in [6, 6.07) is 8.01. The number of benzene rings is 1. The van der Waals surface area contributed by atoms with Crippen molar-refractivity contribution in [2.75, 3.05) is 20.3 Å². The molecule has 0 spiro atoms. The second-order valence-corrected chi connectivity index (χ2v) is 4.57. The maximum absolute atomic E-state index is 9.19. The molecule has 88 valence electrons. The lowest BCUT2D eigenvalue weighted by Gasteiger charge is -2.14. The zero-order chi connectivity index (χ0) is 11.4. The SMILES string of the molecule is COc1ccccc1CNCC1(CO)CC1. The van der Waals surface area contributed by atoms with Gasteiger partial charge in [0.15, 0.2) is 0 Å². The quantitative estimate of drug-likeness (QED) is 0.766. The van der Waals surface area contributed by atoms with Crippen LogP contribution in [0.25, 0.3) is 0 Å². The summed E-state index contributed by atoms with van der Waals surface area (Å²) in [5.41, 5.74) is 1.33. The van der Waals surface area contributed by atoms with E-state index in [2.05, 4.69) is 11.4 Å². The molecule has 1 fully saturated rings. The smallest absolute Gasteiger partial charge is 0.123 e. The van der Waals surface area contributed by atoms with Crippen LogP contribution in [0.2, 0.25) is 0 Å². The highest BCUT2D eigenvalue weighted by Gasteiger charge is 2.41. The first-order chi connectivity index (χ1) is 7.79. The Balaban J connectivity index is 1.85. The largest absolute Gasteiger partial charge is 0.496 e. The minimum atomic E-state index is 0.169. The summed E-state index contributed by atoms with van der Waals surface area (Å²) in [6.45, 7) is 1.99. The van der Waals surface area contributed by atoms with Crippen molar-refractivity contribution < 1.29 is 9.84 Å². The van der Waals surface area contributed by atoms with Gasteiger partial charge >= 0.3 is 0 Å². The maximum Gasteiger partial charge on any atom is 0.123 e. The van der Waals surface area contributed by atoms with Crippen LogP contribution >= 0.6 is 0 Å². The molecule has 0 radical (unpaired) electrons. The first kappa shape index (κ1) is 11.4. The summed E-state index contributed by atoms with van der Waals surface area (Å²) < 4.78 is 5.28. The number of ether oxygens (including phenoxy) is 1. The lowest BCUT2D eigenvalue weighted by atomic mass is 10.1. The molecule has 0 amide bonds. The highest BCUT2D eigenvalue weighted by molar-refractivity contribution is 5.32. The fourth-order valence-electron chi connectivity index (χ4n) is 1.88. The maximum atomic E-state index is 9.19. The van der Waals surface area contributed by atoms with E-state index >= 15 is 0 Å². The summed E-state index contributed by atoms with van der Waals surface area (Å²) in [4.78, 5) is 0. The molecule has 0 atom stereocenters. The van der Waals surface area contributed by atoms with Crippen molar-refractivity contribution in [1.82, 2.24) is 5.32 Å². The van der Waals surface area contributed by atoms with Crippen molar-refractivity contribution in [3.63, 3.8) is 0 Å². The van der Waals surface area contributed by atoms with Crippen molar-refractivity contribution in [2.24, 2.45) is 5.41 Å². The van der Waals surface area contributed by atoms with E-state index in [1.54, 1.807) is 7.11 Å². The molecule has 2 N–H and O–H groups in total. The fraction of sp³-hybridized carbons (Fsp3) is 0.538. The highest BCUT2D eigenvalue weighted by Crippen LogP contribution is 2.44. The third-order valence-corrected chi connectivity index (χ3v) is 3.30. The van der Waals surface area contributed by atoms with Crippen LogP contribution in [-0.2, 0) is 6.54 Å². The van der Waals surface area contributed by atoms with Crippen molar-refractivity contribution >= 4 is 0 Å². The van der Waals surface area contributed by atoms with Gasteiger partial charge in [-0.1, -0.05) is 18.2 Å². The van der Waals surface area contributed by atoms with Gasteiger partial charge in [-0.3, -0.25) is 0 Å². The Morgan fingerprint density at radius 2 is 2.12 bits per heavy atom. The van der Waals surface area contributed by atoms with Crippen molar-refractivity contribution in [2.45, 2.75) is 19.4 Å². The first-order valence-electron chi connectivity index (χ1n) is 5.73. The van der Waals surface area contributed by atoms with Gasteiger partial charge in [0, 0.05) is 30.7 Å². The molecule has 0 bridgehead atoms. The third kappa shape index (κ3) is 2.54. The van der Waals surface area contributed by atoms with Crippen LogP contribution in [-0.4, -0.2) is 25.4 Å². The topological polar surface area (TPSA) is 41.5 Å². The van der Waals surface area contributed by atoms with E-state index < -0.39 is 0 Å². The molecule has 0 saturated heterocycles. The minimum Gasteiger partial charge on any atom is -0.496 e. The van der Waals surface area contributed by atoms with Gasteiger partial charge in [0.1, 0.15) is 5.75 Å². The molecule has 2 rings (SSSR count). The predicted octanol–water partition coefficient (Wildman–Crippen LogP) is 1.56. The number of hydrogen-bond acceptors (Lipinski definition) is 3. The highest BCUT2D eigenvalue weighted by atomic mass is 16.5. The van der Waals surface area contributed by atoms with Gasteiger partial charge in [0.25, 0.3) is 0 Å². The zero-order valence-corrected chi connectivity index (χ0v) is 9.70. The van der Waals surface area contributed by atoms with Gasteiger partial charge in [-0.2, -0.15) is 0 Å². The fourth-order valence-corrected chi connectivity index (χ4v) is 1.88. The predicted molar refractivity (Wildman–Crippen MR) is 63.5 cm³/mol. The Morgan fingerprint density at radius 1 is 1.38 bits per heavy atom. The van der Waals surface area contributed by atoms with Crippen molar-refractivity contribution in [1.29, 1.82) is 0 Å². The standard InChI is InChI=1S/C13H19NO2/c1-16-12-5-3-2-4-11(12)8-14-9-13(10-15)6-7-13/h2-5,14-15H,6-10H2,1H3. The lowest BCUT2D eigenvalue weighted by Crippen LogP contribution is -2.26. The van der Waals surface area contributed by atoms with E-state index in [4.69, 9.17) is 4.74 Å². The van der Waals surface area contributed by atoms with Gasteiger partial charge in [0.05, 0.1) is 7.11 Å². The number of methoxy groups -OCH3 is 1. The van der Waals surface area contributed by atoms with E-state index in [-0.39, 0.29) is 5.41 Å². The van der Waals surface area contributed by atoms with Gasteiger partial charge in [-0.25, -0.2) is 0 Å². The molecule has 3 heteroatoms. The van der Waals surface area contributed by atoms with E-state index in [9.17, 15) is 5.11 Å². The average molecular weight is 221 g/mol. The van der Waals surface area contributed by atoms with E-state index in [0.29, 0.717) is 6.61 Å². The average Bonchev–Trinajstić information content (AvgIpc) is 3.10. The third-order valence-electron chi connectivity index (χ3n) is 3.30. The molecule has 0 aliphatic heterocycles. The lowest BCUT2D eigenvalue weighted by molar-refractivity contribution is 0.207. The Morgan fingerprint density at radius 3 is 2.75 bits per heavy atom. The molecule has 1 aliphatic rings. The van der Waals surface area contributed by atoms with Crippen molar-refractivity contribution in [3.05, 3.63) is 29.8 Å². The number of aliphatic hydroxyl groups is 1. The molecule has 0 unspecified atom stereocenters. The second kappa shape index (κ2) is 4.85. The normalized spacial score (nSPS) is 17.1. The van der Waals surface area contributed by atoms with Crippen LogP contribution in [0.1, 0.15) is 18.4 Å². The summed E-state index contributed by atoms with van der Waals surface area (Å²) in [7, 11) is 1.69. The number of aliphatic hydroxyl groups excluding tert-OH is 1. The molecule has 1 aliphatic carbocycles. The summed E-state index contributed by atoms with van der Waals surface area (Å²) >= 11 is 0. The van der Waals surface area contributed by atoms with E-state index in [1.165, 1.54) is 5.56 Å². The molecule has 0 heterocycles. The number of rotatable bonds is 6. The molecule has 3 nitrogen and oxygen atoms in total. The Hall–Kier alpha value is -1.06. The van der Waals surface area contributed by atoms with Crippen molar-refractivity contribution in [3.8, 4) is 5.75 Å². The molecule has 1 aromatic rings.